The lowest BCUT2D eigenvalue weighted by molar-refractivity contribution is -0.226. The molecule has 2 fully saturated rings. The van der Waals surface area contributed by atoms with Gasteiger partial charge in [0.15, 0.2) is 0 Å². The molecule has 0 heterocycles. The Morgan fingerprint density at radius 1 is 0.871 bits per heavy atom. The zero-order valence-corrected chi connectivity index (χ0v) is 18.5. The molecular weight excluding hydrogens is 407 g/mol. The number of alkyl halides is 4. The lowest BCUT2D eigenvalue weighted by Gasteiger charge is -2.38. The van der Waals surface area contributed by atoms with Crippen molar-refractivity contribution in [2.24, 2.45) is 17.8 Å². The SMILES string of the molecule is CCCCC1CCC(C2CCC(c3cc(F)c4c(c3)CCC(F)(F)C4(F)F)CC2)CC1. The summed E-state index contributed by atoms with van der Waals surface area (Å²) in [5, 5.41) is 0. The van der Waals surface area contributed by atoms with Gasteiger partial charge < -0.3 is 0 Å². The van der Waals surface area contributed by atoms with E-state index in [0.717, 1.165) is 49.1 Å². The van der Waals surface area contributed by atoms with Crippen LogP contribution in [0, 0.1) is 23.6 Å². The molecule has 3 aliphatic carbocycles. The zero-order valence-electron chi connectivity index (χ0n) is 18.5. The number of hydrogen-bond acceptors (Lipinski definition) is 0. The number of aryl methyl sites for hydroxylation is 1. The summed E-state index contributed by atoms with van der Waals surface area (Å²) < 4.78 is 70.3. The van der Waals surface area contributed by atoms with Crippen LogP contribution in [-0.2, 0) is 12.3 Å². The summed E-state index contributed by atoms with van der Waals surface area (Å²) in [6, 6.07) is 2.70. The van der Waals surface area contributed by atoms with Gasteiger partial charge in [-0.2, -0.15) is 17.6 Å². The minimum Gasteiger partial charge on any atom is -0.206 e. The average molecular weight is 443 g/mol. The lowest BCUT2D eigenvalue weighted by atomic mass is 9.67. The molecule has 174 valence electrons. The van der Waals surface area contributed by atoms with Crippen LogP contribution in [0.25, 0.3) is 0 Å². The maximum atomic E-state index is 14.6. The second kappa shape index (κ2) is 9.02. The molecule has 1 aromatic carbocycles. The fourth-order valence-electron chi connectivity index (χ4n) is 6.47. The van der Waals surface area contributed by atoms with E-state index in [1.807, 2.05) is 0 Å². The minimum absolute atomic E-state index is 0.0680. The van der Waals surface area contributed by atoms with Gasteiger partial charge >= 0.3 is 11.8 Å². The van der Waals surface area contributed by atoms with Gasteiger partial charge in [0, 0.05) is 6.42 Å². The van der Waals surface area contributed by atoms with Crippen LogP contribution in [0.1, 0.15) is 107 Å². The Hall–Kier alpha value is -1.13. The number of rotatable bonds is 5. The van der Waals surface area contributed by atoms with Gasteiger partial charge in [-0.3, -0.25) is 0 Å². The summed E-state index contributed by atoms with van der Waals surface area (Å²) in [6.45, 7) is 2.25. The maximum absolute atomic E-state index is 14.6. The molecule has 0 atom stereocenters. The molecule has 4 rings (SSSR count). The van der Waals surface area contributed by atoms with Crippen LogP contribution in [0.15, 0.2) is 12.1 Å². The van der Waals surface area contributed by atoms with E-state index in [9.17, 15) is 22.0 Å². The first-order chi connectivity index (χ1) is 14.7. The van der Waals surface area contributed by atoms with Gasteiger partial charge in [0.05, 0.1) is 5.56 Å². The highest BCUT2D eigenvalue weighted by molar-refractivity contribution is 5.41. The van der Waals surface area contributed by atoms with Crippen molar-refractivity contribution >= 4 is 0 Å². The predicted octanol–water partition coefficient (Wildman–Crippen LogP) is 8.77. The second-order valence-electron chi connectivity index (χ2n) is 10.4. The quantitative estimate of drug-likeness (QED) is 0.400. The molecule has 31 heavy (non-hydrogen) atoms. The fraction of sp³-hybridized carbons (Fsp3) is 0.769. The largest absolute Gasteiger partial charge is 0.338 e. The van der Waals surface area contributed by atoms with Crippen LogP contribution < -0.4 is 0 Å². The third-order valence-corrected chi connectivity index (χ3v) is 8.44. The Bertz CT molecular complexity index is 755. The molecule has 0 radical (unpaired) electrons. The highest BCUT2D eigenvalue weighted by Crippen LogP contribution is 2.52. The van der Waals surface area contributed by atoms with Crippen molar-refractivity contribution in [3.8, 4) is 0 Å². The summed E-state index contributed by atoms with van der Waals surface area (Å²) in [5.74, 6) is -7.23. The van der Waals surface area contributed by atoms with Crippen LogP contribution in [-0.4, -0.2) is 5.92 Å². The van der Waals surface area contributed by atoms with Gasteiger partial charge in [-0.25, -0.2) is 4.39 Å². The molecule has 0 aliphatic heterocycles. The van der Waals surface area contributed by atoms with Crippen molar-refractivity contribution in [2.75, 3.05) is 0 Å². The van der Waals surface area contributed by atoms with Crippen molar-refractivity contribution in [1.29, 1.82) is 0 Å². The molecule has 0 unspecified atom stereocenters. The van der Waals surface area contributed by atoms with Crippen LogP contribution in [0.4, 0.5) is 22.0 Å². The molecule has 0 bridgehead atoms. The maximum Gasteiger partial charge on any atom is 0.338 e. The number of fused-ring (bicyclic) bond motifs is 1. The molecule has 0 spiro atoms. The normalized spacial score (nSPS) is 32.5. The monoisotopic (exact) mass is 442 g/mol. The number of benzene rings is 1. The Kier molecular flexibility index (Phi) is 6.70. The van der Waals surface area contributed by atoms with E-state index < -0.39 is 29.6 Å². The number of unbranched alkanes of at least 4 members (excludes halogenated alkanes) is 1. The smallest absolute Gasteiger partial charge is 0.206 e. The fourth-order valence-corrected chi connectivity index (χ4v) is 6.47. The number of halogens is 5. The molecule has 0 N–H and O–H groups in total. The summed E-state index contributed by atoms with van der Waals surface area (Å²) in [7, 11) is 0. The molecule has 0 saturated heterocycles. The van der Waals surface area contributed by atoms with E-state index in [4.69, 9.17) is 0 Å². The molecule has 0 aromatic heterocycles. The predicted molar refractivity (Wildman–Crippen MR) is 113 cm³/mol. The van der Waals surface area contributed by atoms with Gasteiger partial charge in [-0.05, 0) is 85.8 Å². The Balaban J connectivity index is 1.37. The van der Waals surface area contributed by atoms with Crippen LogP contribution in [0.5, 0.6) is 0 Å². The second-order valence-corrected chi connectivity index (χ2v) is 10.4. The molecular formula is C26H35F5. The van der Waals surface area contributed by atoms with E-state index >= 15 is 0 Å². The van der Waals surface area contributed by atoms with E-state index in [1.54, 1.807) is 6.07 Å². The van der Waals surface area contributed by atoms with Crippen molar-refractivity contribution in [1.82, 2.24) is 0 Å². The first-order valence-electron chi connectivity index (χ1n) is 12.3. The first-order valence-corrected chi connectivity index (χ1v) is 12.3. The van der Waals surface area contributed by atoms with Gasteiger partial charge in [0.2, 0.25) is 0 Å². The molecule has 3 aliphatic rings. The van der Waals surface area contributed by atoms with E-state index in [2.05, 4.69) is 6.92 Å². The lowest BCUT2D eigenvalue weighted by Crippen LogP contribution is -2.43. The number of hydrogen-bond donors (Lipinski definition) is 0. The first kappa shape index (κ1) is 23.0. The summed E-state index contributed by atoms with van der Waals surface area (Å²) in [4.78, 5) is 0. The van der Waals surface area contributed by atoms with E-state index in [1.165, 1.54) is 44.9 Å². The Morgan fingerprint density at radius 3 is 2.10 bits per heavy atom. The summed E-state index contributed by atoms with van der Waals surface area (Å²) >= 11 is 0. The van der Waals surface area contributed by atoms with Gasteiger partial charge in [0.1, 0.15) is 5.82 Å². The van der Waals surface area contributed by atoms with Crippen LogP contribution in [0.3, 0.4) is 0 Å². The zero-order chi connectivity index (χ0) is 22.2. The Labute approximate surface area is 183 Å². The van der Waals surface area contributed by atoms with Crippen molar-refractivity contribution in [2.45, 2.75) is 108 Å². The topological polar surface area (TPSA) is 0 Å². The highest BCUT2D eigenvalue weighted by atomic mass is 19.3. The molecule has 2 saturated carbocycles. The molecule has 0 nitrogen and oxygen atoms in total. The van der Waals surface area contributed by atoms with Crippen molar-refractivity contribution in [3.63, 3.8) is 0 Å². The summed E-state index contributed by atoms with van der Waals surface area (Å²) in [5.41, 5.74) is -0.293. The molecule has 1 aromatic rings. The van der Waals surface area contributed by atoms with Gasteiger partial charge in [0.25, 0.3) is 0 Å². The van der Waals surface area contributed by atoms with Crippen LogP contribution >= 0.6 is 0 Å². The van der Waals surface area contributed by atoms with Crippen molar-refractivity contribution < 1.29 is 22.0 Å². The standard InChI is InChI=1S/C26H35F5/c1-2-3-4-17-5-7-18(8-6-17)19-9-11-20(12-10-19)22-15-21-13-14-25(28,29)26(30,31)24(21)23(27)16-22/h15-20H,2-14H2,1H3. The van der Waals surface area contributed by atoms with Gasteiger partial charge in [-0.15, -0.1) is 0 Å². The van der Waals surface area contributed by atoms with Crippen LogP contribution in [0.2, 0.25) is 0 Å². The molecule has 0 amide bonds. The van der Waals surface area contributed by atoms with E-state index in [0.29, 0.717) is 5.92 Å². The average Bonchev–Trinajstić information content (AvgIpc) is 2.75. The highest BCUT2D eigenvalue weighted by Gasteiger charge is 2.61. The third-order valence-electron chi connectivity index (χ3n) is 8.44. The Morgan fingerprint density at radius 2 is 1.48 bits per heavy atom. The summed E-state index contributed by atoms with van der Waals surface area (Å²) in [6.07, 6.45) is 12.3. The minimum atomic E-state index is -4.43. The van der Waals surface area contributed by atoms with E-state index in [-0.39, 0.29) is 17.9 Å². The van der Waals surface area contributed by atoms with Crippen molar-refractivity contribution in [3.05, 3.63) is 34.6 Å². The third kappa shape index (κ3) is 4.53. The molecule has 5 heteroatoms. The van der Waals surface area contributed by atoms with Gasteiger partial charge in [-0.1, -0.05) is 45.1 Å².